The van der Waals surface area contributed by atoms with Crippen LogP contribution in [0.3, 0.4) is 0 Å². The quantitative estimate of drug-likeness (QED) is 0.0272. The van der Waals surface area contributed by atoms with E-state index in [4.69, 9.17) is 18.9 Å². The third-order valence-corrected chi connectivity index (χ3v) is 23.4. The largest absolute Gasteiger partial charge is 0.465 e. The number of benzene rings is 4. The van der Waals surface area contributed by atoms with Crippen molar-refractivity contribution in [3.05, 3.63) is 72.8 Å². The average Bonchev–Trinajstić information content (AvgIpc) is 1.11. The first-order valence-corrected chi connectivity index (χ1v) is 36.3. The highest BCUT2D eigenvalue weighted by molar-refractivity contribution is 8.00. The normalized spacial score (nSPS) is 16.6. The maximum absolute atomic E-state index is 14.6. The van der Waals surface area contributed by atoms with Gasteiger partial charge in [-0.3, -0.25) is 9.59 Å². The Morgan fingerprint density at radius 3 is 1.25 bits per heavy atom. The van der Waals surface area contributed by atoms with Gasteiger partial charge in [-0.1, -0.05) is 101 Å². The molecule has 4 heterocycles. The Kier molecular flexibility index (Phi) is 25.1. The number of fused-ring (bicyclic) bond motifs is 4. The monoisotopic (exact) mass is 1290 g/mol. The van der Waals surface area contributed by atoms with E-state index in [9.17, 15) is 36.0 Å². The minimum atomic E-state index is -4.11. The molecule has 0 saturated carbocycles. The van der Waals surface area contributed by atoms with Crippen molar-refractivity contribution in [1.29, 1.82) is 0 Å². The van der Waals surface area contributed by atoms with Crippen molar-refractivity contribution in [2.75, 3.05) is 104 Å². The number of rotatable bonds is 30. The smallest absolute Gasteiger partial charge is 0.423 e. The molecule has 2 fully saturated rings. The standard InChI is InChI=1S/C66H92N6O12S4/c1-9-13-21-49(11-3)63(73)81-41-31-47-27-37-69(38-28-47)33-19-35-71-53-23-15-17-25-57(53)85-59-45-51(87(77,78)67(5)6)43-55(61(59)71)83-65(75)66(76)84-56-44-52(88(79,80)68(7)8)46-60-62(56)72(54-24-16-18-26-58(54)86-60)36-20-34-70-39-29-48(30-40-70)32-42-82-64(74)50(12-4)22-14-10-2/h15-18,23-26,43-50H,9-14,19-22,27-42H2,1-8H3. The van der Waals surface area contributed by atoms with Gasteiger partial charge in [-0.05, 0) is 165 Å². The fourth-order valence-electron chi connectivity index (χ4n) is 12.1. The number of ether oxygens (including phenoxy) is 4. The van der Waals surface area contributed by atoms with Gasteiger partial charge in [0.05, 0.1) is 57.6 Å². The van der Waals surface area contributed by atoms with Crippen molar-refractivity contribution in [3.8, 4) is 11.5 Å². The summed E-state index contributed by atoms with van der Waals surface area (Å²) in [5.41, 5.74) is 2.47. The number of hydrogen-bond donors (Lipinski definition) is 0. The highest BCUT2D eigenvalue weighted by atomic mass is 32.2. The summed E-state index contributed by atoms with van der Waals surface area (Å²) in [7, 11) is -2.56. The van der Waals surface area contributed by atoms with Crippen LogP contribution in [0, 0.1) is 23.7 Å². The zero-order valence-electron chi connectivity index (χ0n) is 52.8. The van der Waals surface area contributed by atoms with Crippen LogP contribution < -0.4 is 19.3 Å². The summed E-state index contributed by atoms with van der Waals surface area (Å²) in [5.74, 6) is -2.52. The van der Waals surface area contributed by atoms with E-state index in [1.165, 1.54) is 63.8 Å². The van der Waals surface area contributed by atoms with Gasteiger partial charge in [0, 0.05) is 73.0 Å². The molecule has 0 N–H and O–H groups in total. The first-order valence-electron chi connectivity index (χ1n) is 31.8. The van der Waals surface area contributed by atoms with E-state index in [2.05, 4.69) is 23.6 Å². The summed E-state index contributed by atoms with van der Waals surface area (Å²) in [6, 6.07) is 21.2. The summed E-state index contributed by atoms with van der Waals surface area (Å²) < 4.78 is 81.6. The minimum absolute atomic E-state index is 0.0383. The highest BCUT2D eigenvalue weighted by Crippen LogP contribution is 2.55. The lowest BCUT2D eigenvalue weighted by atomic mass is 9.94. The summed E-state index contributed by atoms with van der Waals surface area (Å²) in [6.45, 7) is 15.2. The third-order valence-electron chi connectivity index (χ3n) is 17.6. The van der Waals surface area contributed by atoms with Gasteiger partial charge in [0.1, 0.15) is 0 Å². The molecule has 4 aliphatic heterocycles. The number of nitrogens with zero attached hydrogens (tertiary/aromatic N) is 6. The molecular weight excluding hydrogens is 1200 g/mol. The van der Waals surface area contributed by atoms with Crippen molar-refractivity contribution in [2.24, 2.45) is 23.7 Å². The second-order valence-corrected chi connectivity index (χ2v) is 30.5. The van der Waals surface area contributed by atoms with Crippen molar-refractivity contribution >= 4 is 90.2 Å². The number of unbranched alkanes of at least 4 members (excludes halogenated alkanes) is 2. The molecule has 0 bridgehead atoms. The number of carbonyl (C=O) groups is 4. The predicted molar refractivity (Wildman–Crippen MR) is 346 cm³/mol. The second kappa shape index (κ2) is 32.2. The van der Waals surface area contributed by atoms with Gasteiger partial charge in [0.2, 0.25) is 20.0 Å². The lowest BCUT2D eigenvalue weighted by Crippen LogP contribution is -2.36. The lowest BCUT2D eigenvalue weighted by molar-refractivity contribution is -0.156. The van der Waals surface area contributed by atoms with E-state index < -0.39 is 32.0 Å². The van der Waals surface area contributed by atoms with E-state index >= 15 is 0 Å². The number of para-hydroxylation sites is 2. The molecule has 2 saturated heterocycles. The second-order valence-electron chi connectivity index (χ2n) is 24.0. The molecule has 8 rings (SSSR count). The molecule has 18 nitrogen and oxygen atoms in total. The molecule has 2 unspecified atom stereocenters. The van der Waals surface area contributed by atoms with Crippen LogP contribution in [0.2, 0.25) is 0 Å². The number of hydrogen-bond acceptors (Lipinski definition) is 18. The molecular formula is C66H92N6O12S4. The maximum Gasteiger partial charge on any atom is 0.423 e. The summed E-state index contributed by atoms with van der Waals surface area (Å²) in [4.78, 5) is 66.0. The average molecular weight is 1290 g/mol. The van der Waals surface area contributed by atoms with Crippen LogP contribution in [0.5, 0.6) is 11.5 Å². The van der Waals surface area contributed by atoms with Crippen molar-refractivity contribution in [3.63, 3.8) is 0 Å². The Bertz CT molecular complexity index is 3060. The van der Waals surface area contributed by atoms with Gasteiger partial charge in [0.15, 0.2) is 11.5 Å². The van der Waals surface area contributed by atoms with Crippen LogP contribution in [0.25, 0.3) is 0 Å². The van der Waals surface area contributed by atoms with Crippen LogP contribution in [-0.4, -0.2) is 153 Å². The van der Waals surface area contributed by atoms with Gasteiger partial charge < -0.3 is 38.5 Å². The molecule has 22 heteroatoms. The van der Waals surface area contributed by atoms with E-state index in [-0.39, 0.29) is 45.1 Å². The van der Waals surface area contributed by atoms with E-state index in [0.717, 1.165) is 159 Å². The Morgan fingerprint density at radius 2 is 0.898 bits per heavy atom. The molecule has 0 spiro atoms. The van der Waals surface area contributed by atoms with E-state index in [0.29, 0.717) is 72.1 Å². The van der Waals surface area contributed by atoms with Crippen molar-refractivity contribution in [2.45, 2.75) is 160 Å². The molecule has 0 aliphatic carbocycles. The Balaban J connectivity index is 0.991. The van der Waals surface area contributed by atoms with Gasteiger partial charge in [0.25, 0.3) is 0 Å². The SMILES string of the molecule is CCCCC(CC)C(=O)OCCC1CCN(CCCN2c3ccccc3Sc3cc(S(=O)(=O)N(C)C)cc(OC(=O)C(=O)Oc4cc(S(=O)(=O)N(C)C)cc5c4N(CCCN4CCC(CCOC(=O)C(CC)CCCC)CC4)c4ccccc4S5)c32)CC1. The summed E-state index contributed by atoms with van der Waals surface area (Å²) in [6.07, 6.45) is 14.5. The van der Waals surface area contributed by atoms with Gasteiger partial charge in [-0.15, -0.1) is 0 Å². The summed E-state index contributed by atoms with van der Waals surface area (Å²) >= 11 is 2.67. The molecule has 0 aromatic heterocycles. The number of anilines is 4. The predicted octanol–water partition coefficient (Wildman–Crippen LogP) is 12.4. The molecule has 88 heavy (non-hydrogen) atoms. The number of likely N-dealkylation sites (tertiary alicyclic amines) is 2. The number of sulfonamides is 2. The zero-order chi connectivity index (χ0) is 63.1. The maximum atomic E-state index is 14.6. The van der Waals surface area contributed by atoms with Crippen LogP contribution in [0.1, 0.15) is 130 Å². The number of carbonyl (C=O) groups excluding carboxylic acids is 4. The van der Waals surface area contributed by atoms with Crippen molar-refractivity contribution in [1.82, 2.24) is 18.4 Å². The molecule has 4 aromatic carbocycles. The Labute approximate surface area is 531 Å². The first-order chi connectivity index (χ1) is 42.3. The number of piperidine rings is 2. The van der Waals surface area contributed by atoms with Gasteiger partial charge >= 0.3 is 23.9 Å². The van der Waals surface area contributed by atoms with Gasteiger partial charge in [-0.2, -0.15) is 0 Å². The fraction of sp³-hybridized carbons (Fsp3) is 0.576. The molecule has 4 aliphatic rings. The third kappa shape index (κ3) is 17.2. The molecule has 0 radical (unpaired) electrons. The topological polar surface area (TPSA) is 193 Å². The lowest BCUT2D eigenvalue weighted by Gasteiger charge is -2.36. The van der Waals surface area contributed by atoms with Crippen LogP contribution in [0.15, 0.2) is 102 Å². The zero-order valence-corrected chi connectivity index (χ0v) is 56.1. The highest BCUT2D eigenvalue weighted by Gasteiger charge is 2.36. The van der Waals surface area contributed by atoms with Crippen molar-refractivity contribution < 1.29 is 55.0 Å². The Morgan fingerprint density at radius 1 is 0.523 bits per heavy atom. The molecule has 0 amide bonds. The first kappa shape index (κ1) is 68.7. The molecule has 4 aromatic rings. The van der Waals surface area contributed by atoms with Crippen LogP contribution >= 0.6 is 23.5 Å². The number of esters is 4. The molecule has 482 valence electrons. The Hall–Kier alpha value is -5.20. The van der Waals surface area contributed by atoms with Gasteiger partial charge in [-0.25, -0.2) is 35.0 Å². The van der Waals surface area contributed by atoms with E-state index in [1.54, 1.807) is 12.1 Å². The minimum Gasteiger partial charge on any atom is -0.465 e. The van der Waals surface area contributed by atoms with Crippen LogP contribution in [-0.2, 0) is 48.7 Å². The fourth-order valence-corrected chi connectivity index (χ4v) is 16.5. The molecule has 2 atom stereocenters. The van der Waals surface area contributed by atoms with E-state index in [1.807, 2.05) is 72.2 Å². The van der Waals surface area contributed by atoms with Crippen LogP contribution in [0.4, 0.5) is 22.7 Å². The summed E-state index contributed by atoms with van der Waals surface area (Å²) in [5, 5.41) is 0.